The van der Waals surface area contributed by atoms with Gasteiger partial charge in [0.05, 0.1) is 25.2 Å². The van der Waals surface area contributed by atoms with Gasteiger partial charge in [-0.2, -0.15) is 0 Å². The van der Waals surface area contributed by atoms with Gasteiger partial charge >= 0.3 is 17.9 Å². The third-order valence-electron chi connectivity index (χ3n) is 3.91. The summed E-state index contributed by atoms with van der Waals surface area (Å²) in [4.78, 5) is 34.5. The van der Waals surface area contributed by atoms with Crippen LogP contribution in [0.3, 0.4) is 0 Å². The Kier molecular flexibility index (Phi) is 6.02. The largest absolute Gasteiger partial charge is 0.458 e. The average Bonchev–Trinajstić information content (AvgIpc) is 2.60. The molecule has 2 heterocycles. The van der Waals surface area contributed by atoms with Gasteiger partial charge < -0.3 is 28.4 Å². The fourth-order valence-corrected chi connectivity index (χ4v) is 2.87. The van der Waals surface area contributed by atoms with Crippen LogP contribution < -0.4 is 0 Å². The molecule has 25 heavy (non-hydrogen) atoms. The standard InChI is InChI=1S/C16H24O9/c1-8(17)22-13-11-6-20-16(4,5)21-7-12(11)25-15(24-10(3)19)14(13)23-9(2)18/h11-15H,6-7H2,1-5H3. The van der Waals surface area contributed by atoms with E-state index in [1.165, 1.54) is 20.8 Å². The number of carbonyl (C=O) groups excluding carboxylic acids is 3. The fourth-order valence-electron chi connectivity index (χ4n) is 2.87. The average molecular weight is 360 g/mol. The van der Waals surface area contributed by atoms with Gasteiger partial charge in [0, 0.05) is 20.8 Å². The van der Waals surface area contributed by atoms with Gasteiger partial charge in [0.2, 0.25) is 12.4 Å². The quantitative estimate of drug-likeness (QED) is 0.526. The number of rotatable bonds is 3. The van der Waals surface area contributed by atoms with Crippen molar-refractivity contribution in [3.8, 4) is 0 Å². The summed E-state index contributed by atoms with van der Waals surface area (Å²) >= 11 is 0. The molecule has 9 heteroatoms. The lowest BCUT2D eigenvalue weighted by molar-refractivity contribution is -0.286. The maximum Gasteiger partial charge on any atom is 0.305 e. The summed E-state index contributed by atoms with van der Waals surface area (Å²) in [6.07, 6.45) is -3.78. The lowest BCUT2D eigenvalue weighted by atomic mass is 9.89. The van der Waals surface area contributed by atoms with Crippen molar-refractivity contribution in [1.82, 2.24) is 0 Å². The second-order valence-electron chi connectivity index (χ2n) is 6.49. The van der Waals surface area contributed by atoms with Gasteiger partial charge in [0.1, 0.15) is 0 Å². The van der Waals surface area contributed by atoms with Crippen LogP contribution in [-0.4, -0.2) is 61.5 Å². The molecule has 0 spiro atoms. The van der Waals surface area contributed by atoms with Crippen LogP contribution in [-0.2, 0) is 42.8 Å². The molecule has 9 nitrogen and oxygen atoms in total. The molecule has 0 aliphatic carbocycles. The fraction of sp³-hybridized carbons (Fsp3) is 0.812. The van der Waals surface area contributed by atoms with E-state index in [0.29, 0.717) is 0 Å². The molecule has 142 valence electrons. The summed E-state index contributed by atoms with van der Waals surface area (Å²) in [5.41, 5.74) is 0. The zero-order valence-electron chi connectivity index (χ0n) is 15.0. The molecule has 2 fully saturated rings. The predicted octanol–water partition coefficient (Wildman–Crippen LogP) is 0.537. The Morgan fingerprint density at radius 2 is 1.36 bits per heavy atom. The first kappa shape index (κ1) is 19.6. The number of fused-ring (bicyclic) bond motifs is 1. The second kappa shape index (κ2) is 7.67. The molecule has 0 aromatic carbocycles. The maximum atomic E-state index is 11.6. The van der Waals surface area contributed by atoms with E-state index in [-0.39, 0.29) is 13.2 Å². The van der Waals surface area contributed by atoms with Crippen LogP contribution in [0.4, 0.5) is 0 Å². The summed E-state index contributed by atoms with van der Waals surface area (Å²) in [5.74, 6) is -3.11. The Bertz CT molecular complexity index is 530. The molecule has 5 unspecified atom stereocenters. The molecule has 0 amide bonds. The smallest absolute Gasteiger partial charge is 0.305 e. The Hall–Kier alpha value is -1.71. The van der Waals surface area contributed by atoms with Crippen molar-refractivity contribution in [3.63, 3.8) is 0 Å². The summed E-state index contributed by atoms with van der Waals surface area (Å²) in [5, 5.41) is 0. The molecular formula is C16H24O9. The van der Waals surface area contributed by atoms with Crippen molar-refractivity contribution in [2.24, 2.45) is 5.92 Å². The van der Waals surface area contributed by atoms with Crippen molar-refractivity contribution >= 4 is 17.9 Å². The second-order valence-corrected chi connectivity index (χ2v) is 6.49. The van der Waals surface area contributed by atoms with Gasteiger partial charge in [0.15, 0.2) is 11.9 Å². The van der Waals surface area contributed by atoms with Crippen molar-refractivity contribution in [2.45, 2.75) is 65.0 Å². The molecule has 0 aromatic rings. The molecular weight excluding hydrogens is 336 g/mol. The zero-order valence-corrected chi connectivity index (χ0v) is 15.0. The first-order valence-corrected chi connectivity index (χ1v) is 8.04. The minimum atomic E-state index is -1.21. The number of ether oxygens (including phenoxy) is 6. The molecule has 2 aliphatic heterocycles. The highest BCUT2D eigenvalue weighted by atomic mass is 16.8. The van der Waals surface area contributed by atoms with Gasteiger partial charge in [-0.05, 0) is 13.8 Å². The van der Waals surface area contributed by atoms with Crippen LogP contribution in [0.25, 0.3) is 0 Å². The molecule has 0 saturated carbocycles. The Labute approximate surface area is 145 Å². The lowest BCUT2D eigenvalue weighted by Gasteiger charge is -2.43. The Balaban J connectivity index is 2.33. The van der Waals surface area contributed by atoms with E-state index in [4.69, 9.17) is 28.4 Å². The highest BCUT2D eigenvalue weighted by Crippen LogP contribution is 2.35. The summed E-state index contributed by atoms with van der Waals surface area (Å²) in [6, 6.07) is 0. The molecule has 2 rings (SSSR count). The van der Waals surface area contributed by atoms with Crippen molar-refractivity contribution < 1.29 is 42.8 Å². The van der Waals surface area contributed by atoms with E-state index in [2.05, 4.69) is 0 Å². The van der Waals surface area contributed by atoms with Crippen LogP contribution in [0.15, 0.2) is 0 Å². The van der Waals surface area contributed by atoms with E-state index in [1.54, 1.807) is 13.8 Å². The van der Waals surface area contributed by atoms with Crippen LogP contribution in [0.2, 0.25) is 0 Å². The van der Waals surface area contributed by atoms with E-state index in [9.17, 15) is 14.4 Å². The van der Waals surface area contributed by atoms with Gasteiger partial charge in [-0.25, -0.2) is 0 Å². The van der Waals surface area contributed by atoms with Gasteiger partial charge in [-0.1, -0.05) is 0 Å². The highest BCUT2D eigenvalue weighted by Gasteiger charge is 2.53. The summed E-state index contributed by atoms with van der Waals surface area (Å²) in [7, 11) is 0. The van der Waals surface area contributed by atoms with E-state index < -0.39 is 54.2 Å². The number of hydrogen-bond acceptors (Lipinski definition) is 9. The molecule has 0 aromatic heterocycles. The van der Waals surface area contributed by atoms with Gasteiger partial charge in [-0.3, -0.25) is 14.4 Å². The minimum Gasteiger partial charge on any atom is -0.458 e. The van der Waals surface area contributed by atoms with Gasteiger partial charge in [0.25, 0.3) is 0 Å². The summed E-state index contributed by atoms with van der Waals surface area (Å²) < 4.78 is 32.9. The monoisotopic (exact) mass is 360 g/mol. The van der Waals surface area contributed by atoms with Crippen LogP contribution >= 0.6 is 0 Å². The SMILES string of the molecule is CC(=O)OC1OC2COC(C)(C)OCC2C(OC(C)=O)C1OC(C)=O. The van der Waals surface area contributed by atoms with Crippen molar-refractivity contribution in [3.05, 3.63) is 0 Å². The first-order chi connectivity index (χ1) is 11.6. The third kappa shape index (κ3) is 5.13. The zero-order chi connectivity index (χ0) is 18.8. The number of esters is 3. The Morgan fingerprint density at radius 1 is 0.840 bits per heavy atom. The first-order valence-electron chi connectivity index (χ1n) is 8.04. The van der Waals surface area contributed by atoms with E-state index in [1.807, 2.05) is 0 Å². The molecule has 5 atom stereocenters. The Morgan fingerprint density at radius 3 is 1.92 bits per heavy atom. The van der Waals surface area contributed by atoms with Crippen molar-refractivity contribution in [2.75, 3.05) is 13.2 Å². The molecule has 2 aliphatic rings. The predicted molar refractivity (Wildman–Crippen MR) is 81.0 cm³/mol. The molecule has 2 saturated heterocycles. The topological polar surface area (TPSA) is 107 Å². The third-order valence-corrected chi connectivity index (χ3v) is 3.91. The van der Waals surface area contributed by atoms with Crippen LogP contribution in [0.1, 0.15) is 34.6 Å². The number of carbonyl (C=O) groups is 3. The minimum absolute atomic E-state index is 0.139. The lowest BCUT2D eigenvalue weighted by Crippen LogP contribution is -2.59. The number of hydrogen-bond donors (Lipinski definition) is 0. The van der Waals surface area contributed by atoms with E-state index >= 15 is 0 Å². The van der Waals surface area contributed by atoms with Crippen LogP contribution in [0, 0.1) is 5.92 Å². The molecule has 0 radical (unpaired) electrons. The highest BCUT2D eigenvalue weighted by molar-refractivity contribution is 5.68. The van der Waals surface area contributed by atoms with Crippen LogP contribution in [0.5, 0.6) is 0 Å². The van der Waals surface area contributed by atoms with Gasteiger partial charge in [-0.15, -0.1) is 0 Å². The molecule has 0 N–H and O–H groups in total. The summed E-state index contributed by atoms with van der Waals surface area (Å²) in [6.45, 7) is 7.44. The maximum absolute atomic E-state index is 11.6. The van der Waals surface area contributed by atoms with E-state index in [0.717, 1.165) is 0 Å². The molecule has 0 bridgehead atoms. The normalized spacial score (nSPS) is 34.2. The van der Waals surface area contributed by atoms with Crippen molar-refractivity contribution in [1.29, 1.82) is 0 Å².